The number of rotatable bonds is 11. The summed E-state index contributed by atoms with van der Waals surface area (Å²) in [6, 6.07) is 11.2. The second-order valence-corrected chi connectivity index (χ2v) is 13.9. The molecule has 4 aromatic carbocycles. The van der Waals surface area contributed by atoms with Crippen molar-refractivity contribution < 1.29 is 53.8 Å². The lowest BCUT2D eigenvalue weighted by Gasteiger charge is -2.16. The maximum Gasteiger partial charge on any atom is 0.295 e. The van der Waals surface area contributed by atoms with Crippen molar-refractivity contribution in [2.24, 2.45) is 11.5 Å². The van der Waals surface area contributed by atoms with Gasteiger partial charge in [0.25, 0.3) is 32.1 Å². The Morgan fingerprint density at radius 2 is 1.04 bits per heavy atom. The molecule has 20 heteroatoms. The molecule has 0 radical (unpaired) electrons. The molecule has 2 amide bonds. The van der Waals surface area contributed by atoms with E-state index in [1.807, 2.05) is 0 Å². The first-order valence-corrected chi connectivity index (χ1v) is 17.6. The normalized spacial score (nSPS) is 12.0. The molecular weight excluding hydrogens is 731 g/mol. The Kier molecular flexibility index (Phi) is 8.95. The van der Waals surface area contributed by atoms with Crippen LogP contribution in [0, 0.1) is 11.6 Å². The van der Waals surface area contributed by atoms with Crippen LogP contribution in [0.25, 0.3) is 44.8 Å². The molecule has 0 aliphatic rings. The fraction of sp³-hybridized carbons (Fsp3) is 0.125. The molecule has 270 valence electrons. The Morgan fingerprint density at radius 3 is 1.35 bits per heavy atom. The van der Waals surface area contributed by atoms with Crippen molar-refractivity contribution in [3.63, 3.8) is 0 Å². The van der Waals surface area contributed by atoms with E-state index in [0.717, 1.165) is 36.4 Å². The van der Waals surface area contributed by atoms with Crippen LogP contribution in [0.3, 0.4) is 0 Å². The predicted molar refractivity (Wildman–Crippen MR) is 180 cm³/mol. The van der Waals surface area contributed by atoms with Crippen LogP contribution in [0.15, 0.2) is 70.5 Å². The molecule has 0 aliphatic heterocycles. The first-order valence-electron chi connectivity index (χ1n) is 14.8. The Bertz CT molecular complexity index is 2530. The number of aromatic nitrogens is 4. The lowest BCUT2D eigenvalue weighted by Crippen LogP contribution is -2.14. The highest BCUT2D eigenvalue weighted by Gasteiger charge is 2.30. The van der Waals surface area contributed by atoms with Gasteiger partial charge in [-0.05, 0) is 48.5 Å². The minimum absolute atomic E-state index is 0.0652. The molecule has 2 heterocycles. The third kappa shape index (κ3) is 5.96. The van der Waals surface area contributed by atoms with Crippen LogP contribution in [0.4, 0.5) is 8.78 Å². The van der Waals surface area contributed by atoms with Crippen LogP contribution >= 0.6 is 0 Å². The molecule has 0 spiro atoms. The molecule has 0 saturated carbocycles. The molecule has 16 nitrogen and oxygen atoms in total. The number of methoxy groups -OCH3 is 2. The Balaban J connectivity index is 1.68. The van der Waals surface area contributed by atoms with Crippen LogP contribution in [-0.2, 0) is 33.3 Å². The maximum absolute atomic E-state index is 15.6. The Hall–Kier alpha value is -5.96. The highest BCUT2D eigenvalue weighted by atomic mass is 32.2. The maximum atomic E-state index is 15.6. The SMILES string of the molecule is COc1c(C(N)=O)ccc2c1nc(-c1c(F)cccc1S(=O)(=O)O)n2CCn1c(-c2c(F)cccc2S(=O)(=O)O)nc2c(OC)c(C(N)=O)ccc21. The molecule has 0 bridgehead atoms. The van der Waals surface area contributed by atoms with Crippen molar-refractivity contribution in [2.45, 2.75) is 22.9 Å². The predicted octanol–water partition coefficient (Wildman–Crippen LogP) is 3.41. The number of imidazole rings is 2. The summed E-state index contributed by atoms with van der Waals surface area (Å²) in [5, 5.41) is 0. The average Bonchev–Trinajstić information content (AvgIpc) is 3.62. The minimum atomic E-state index is -5.06. The van der Waals surface area contributed by atoms with Crippen LogP contribution in [0.5, 0.6) is 11.5 Å². The van der Waals surface area contributed by atoms with E-state index in [1.54, 1.807) is 0 Å². The van der Waals surface area contributed by atoms with Crippen molar-refractivity contribution in [3.8, 4) is 34.3 Å². The van der Waals surface area contributed by atoms with Gasteiger partial charge in [-0.3, -0.25) is 18.7 Å². The highest BCUT2D eigenvalue weighted by molar-refractivity contribution is 7.86. The summed E-state index contributed by atoms with van der Waals surface area (Å²) in [6.07, 6.45) is 0. The number of carbonyl (C=O) groups excluding carboxylic acids is 2. The van der Waals surface area contributed by atoms with Gasteiger partial charge in [-0.25, -0.2) is 18.7 Å². The van der Waals surface area contributed by atoms with Gasteiger partial charge in [0.15, 0.2) is 11.5 Å². The van der Waals surface area contributed by atoms with Gasteiger partial charge in [0.05, 0.1) is 47.5 Å². The largest absolute Gasteiger partial charge is 0.494 e. The number of hydrogen-bond acceptors (Lipinski definition) is 10. The van der Waals surface area contributed by atoms with E-state index in [2.05, 4.69) is 9.97 Å². The lowest BCUT2D eigenvalue weighted by atomic mass is 10.1. The van der Waals surface area contributed by atoms with Gasteiger partial charge < -0.3 is 30.1 Å². The molecule has 0 aliphatic carbocycles. The third-order valence-corrected chi connectivity index (χ3v) is 9.98. The zero-order chi connectivity index (χ0) is 37.9. The number of amides is 2. The molecule has 6 aromatic rings. The summed E-state index contributed by atoms with van der Waals surface area (Å²) in [4.78, 5) is 31.7. The van der Waals surface area contributed by atoms with Gasteiger partial charge in [0, 0.05) is 13.1 Å². The standard InChI is InChI=1S/C32H26F2N6O10S2/c1-49-27-15(29(35)41)9-11-19-25(27)37-31(23-17(33)5-3-7-21(23)51(43,44)45)39(19)13-14-40-20-12-10-16(30(36)42)28(50-2)26(20)38-32(40)24-18(34)6-4-8-22(24)52(46,47)48/h3-12H,13-14H2,1-2H3,(H2,35,41)(H2,36,42)(H,43,44,45)(H,46,47,48). The van der Waals surface area contributed by atoms with Crippen LogP contribution in [-0.4, -0.2) is 71.1 Å². The molecule has 0 saturated heterocycles. The molecule has 0 atom stereocenters. The van der Waals surface area contributed by atoms with Crippen LogP contribution in [0.2, 0.25) is 0 Å². The number of halogens is 2. The zero-order valence-corrected chi connectivity index (χ0v) is 28.5. The van der Waals surface area contributed by atoms with Crippen molar-refractivity contribution in [2.75, 3.05) is 14.2 Å². The van der Waals surface area contributed by atoms with Crippen molar-refractivity contribution in [3.05, 3.63) is 83.4 Å². The zero-order valence-electron chi connectivity index (χ0n) is 26.9. The molecule has 6 N–H and O–H groups in total. The van der Waals surface area contributed by atoms with Crippen molar-refractivity contribution in [1.29, 1.82) is 0 Å². The van der Waals surface area contributed by atoms with Gasteiger partial charge in [0.1, 0.15) is 44.1 Å². The molecule has 6 rings (SSSR count). The topological polar surface area (TPSA) is 249 Å². The average molecular weight is 757 g/mol. The van der Waals surface area contributed by atoms with E-state index in [9.17, 15) is 35.5 Å². The number of nitrogens with zero attached hydrogens (tertiary/aromatic N) is 4. The number of hydrogen-bond donors (Lipinski definition) is 4. The number of primary amides is 2. The first kappa shape index (κ1) is 35.9. The van der Waals surface area contributed by atoms with E-state index in [1.165, 1.54) is 47.6 Å². The van der Waals surface area contributed by atoms with E-state index >= 15 is 8.78 Å². The van der Waals surface area contributed by atoms with E-state index < -0.39 is 64.6 Å². The summed E-state index contributed by atoms with van der Waals surface area (Å²) in [7, 11) is -7.68. The van der Waals surface area contributed by atoms with E-state index in [-0.39, 0.29) is 69.4 Å². The van der Waals surface area contributed by atoms with Crippen LogP contribution < -0.4 is 20.9 Å². The minimum Gasteiger partial charge on any atom is -0.494 e. The summed E-state index contributed by atoms with van der Waals surface area (Å²) < 4.78 is 115. The third-order valence-electron chi connectivity index (χ3n) is 8.19. The Labute approximate surface area is 292 Å². The van der Waals surface area contributed by atoms with Gasteiger partial charge in [-0.1, -0.05) is 12.1 Å². The molecular formula is C32H26F2N6O10S2. The fourth-order valence-corrected chi connectivity index (χ4v) is 7.44. The van der Waals surface area contributed by atoms with Gasteiger partial charge in [-0.15, -0.1) is 0 Å². The fourth-order valence-electron chi connectivity index (χ4n) is 6.04. The van der Waals surface area contributed by atoms with Crippen molar-refractivity contribution in [1.82, 2.24) is 19.1 Å². The van der Waals surface area contributed by atoms with Crippen molar-refractivity contribution >= 4 is 54.1 Å². The number of nitrogens with two attached hydrogens (primary N) is 2. The second-order valence-electron chi connectivity index (χ2n) is 11.1. The summed E-state index contributed by atoms with van der Waals surface area (Å²) >= 11 is 0. The van der Waals surface area contributed by atoms with Gasteiger partial charge in [0.2, 0.25) is 0 Å². The summed E-state index contributed by atoms with van der Waals surface area (Å²) in [5.41, 5.74) is 9.67. The lowest BCUT2D eigenvalue weighted by molar-refractivity contribution is 0.0989. The van der Waals surface area contributed by atoms with Gasteiger partial charge in [-0.2, -0.15) is 16.8 Å². The quantitative estimate of drug-likeness (QED) is 0.139. The molecule has 0 unspecified atom stereocenters. The number of benzene rings is 4. The number of aryl methyl sites for hydroxylation is 2. The second kappa shape index (κ2) is 13.0. The summed E-state index contributed by atoms with van der Waals surface area (Å²) in [6.45, 7) is -0.615. The van der Waals surface area contributed by atoms with Crippen LogP contribution in [0.1, 0.15) is 20.7 Å². The van der Waals surface area contributed by atoms with E-state index in [0.29, 0.717) is 0 Å². The number of fused-ring (bicyclic) bond motifs is 2. The molecule has 0 fully saturated rings. The monoisotopic (exact) mass is 756 g/mol. The first-order chi connectivity index (χ1) is 24.5. The Morgan fingerprint density at radius 1 is 0.673 bits per heavy atom. The number of carbonyl (C=O) groups is 2. The number of ether oxygens (including phenoxy) is 2. The highest BCUT2D eigenvalue weighted by Crippen LogP contribution is 2.39. The summed E-state index contributed by atoms with van der Waals surface area (Å²) in [5.74, 6) is -5.05. The van der Waals surface area contributed by atoms with E-state index in [4.69, 9.17) is 20.9 Å². The molecule has 2 aromatic heterocycles. The molecule has 52 heavy (non-hydrogen) atoms. The van der Waals surface area contributed by atoms with Gasteiger partial charge >= 0.3 is 0 Å². The smallest absolute Gasteiger partial charge is 0.295 e.